The second kappa shape index (κ2) is 10.3. The fraction of sp³-hybridized carbons (Fsp3) is 0.304. The van der Waals surface area contributed by atoms with E-state index in [1.807, 2.05) is 62.6 Å². The topological polar surface area (TPSA) is 88.9 Å². The first-order valence-corrected chi connectivity index (χ1v) is 11.1. The predicted molar refractivity (Wildman–Crippen MR) is 124 cm³/mol. The zero-order valence-electron chi connectivity index (χ0n) is 18.2. The maximum atomic E-state index is 12.5. The zero-order chi connectivity index (χ0) is 22.4. The van der Waals surface area contributed by atoms with Crippen LogP contribution in [0.15, 0.2) is 47.6 Å². The number of nitrogens with zero attached hydrogens (tertiary/aromatic N) is 3. The van der Waals surface area contributed by atoms with Crippen LogP contribution in [-0.4, -0.2) is 32.3 Å². The molecule has 0 radical (unpaired) electrons. The minimum absolute atomic E-state index is 0.103. The van der Waals surface area contributed by atoms with Crippen LogP contribution >= 0.6 is 11.8 Å². The Kier molecular flexibility index (Phi) is 7.46. The summed E-state index contributed by atoms with van der Waals surface area (Å²) < 4.78 is 1.87. The van der Waals surface area contributed by atoms with Gasteiger partial charge in [0.25, 0.3) is 0 Å². The molecule has 0 fully saturated rings. The van der Waals surface area contributed by atoms with Gasteiger partial charge in [-0.1, -0.05) is 47.7 Å². The average molecular weight is 438 g/mol. The molecular weight excluding hydrogens is 410 g/mol. The largest absolute Gasteiger partial charge is 0.326 e. The van der Waals surface area contributed by atoms with E-state index in [9.17, 15) is 9.59 Å². The third-order valence-electron chi connectivity index (χ3n) is 4.76. The van der Waals surface area contributed by atoms with Gasteiger partial charge in [0, 0.05) is 17.9 Å². The Morgan fingerprint density at radius 1 is 0.968 bits per heavy atom. The van der Waals surface area contributed by atoms with Crippen LogP contribution in [0.2, 0.25) is 0 Å². The number of nitrogens with one attached hydrogen (secondary N) is 2. The fourth-order valence-electron chi connectivity index (χ4n) is 3.43. The van der Waals surface area contributed by atoms with E-state index < -0.39 is 0 Å². The Hall–Kier alpha value is -3.13. The van der Waals surface area contributed by atoms with Gasteiger partial charge in [-0.15, -0.1) is 10.2 Å². The molecule has 0 saturated carbocycles. The summed E-state index contributed by atoms with van der Waals surface area (Å²) in [6.45, 7) is 8.59. The summed E-state index contributed by atoms with van der Waals surface area (Å²) in [5, 5.41) is 14.8. The third kappa shape index (κ3) is 5.95. The number of anilines is 2. The quantitative estimate of drug-likeness (QED) is 0.517. The maximum absolute atomic E-state index is 12.5. The first kappa shape index (κ1) is 22.6. The molecule has 3 rings (SSSR count). The van der Waals surface area contributed by atoms with E-state index in [-0.39, 0.29) is 24.0 Å². The number of benzene rings is 2. The van der Waals surface area contributed by atoms with E-state index >= 15 is 0 Å². The highest BCUT2D eigenvalue weighted by atomic mass is 32.2. The lowest BCUT2D eigenvalue weighted by atomic mass is 10.1. The summed E-state index contributed by atoms with van der Waals surface area (Å²) in [5.74, 6) is 0.521. The first-order chi connectivity index (χ1) is 14.9. The van der Waals surface area contributed by atoms with Gasteiger partial charge in [0.05, 0.1) is 12.2 Å². The first-order valence-electron chi connectivity index (χ1n) is 10.1. The number of carbonyl (C=O) groups is 2. The molecule has 0 saturated heterocycles. The molecule has 3 aromatic rings. The summed E-state index contributed by atoms with van der Waals surface area (Å²) in [5.41, 5.74) is 4.84. The van der Waals surface area contributed by atoms with Gasteiger partial charge < -0.3 is 15.2 Å². The molecule has 0 aliphatic rings. The van der Waals surface area contributed by atoms with Crippen molar-refractivity contribution in [2.75, 3.05) is 16.4 Å². The van der Waals surface area contributed by atoms with Crippen LogP contribution in [0.5, 0.6) is 0 Å². The lowest BCUT2D eigenvalue weighted by Gasteiger charge is -2.13. The maximum Gasteiger partial charge on any atom is 0.234 e. The van der Waals surface area contributed by atoms with Crippen molar-refractivity contribution < 1.29 is 9.59 Å². The number of hydrogen-bond acceptors (Lipinski definition) is 5. The SMILES string of the molecule is CCn1c(CC(=O)Nc2ccccc2)nnc1SCC(=O)Nc1c(C)cc(C)cc1C. The Morgan fingerprint density at radius 3 is 2.29 bits per heavy atom. The number of aryl methyl sites for hydroxylation is 3. The van der Waals surface area contributed by atoms with Crippen LogP contribution in [0.3, 0.4) is 0 Å². The smallest absolute Gasteiger partial charge is 0.234 e. The minimum atomic E-state index is -0.159. The summed E-state index contributed by atoms with van der Waals surface area (Å²) >= 11 is 1.31. The molecular formula is C23H27N5O2S. The molecule has 1 heterocycles. The van der Waals surface area contributed by atoms with Gasteiger partial charge in [-0.05, 0) is 51.0 Å². The van der Waals surface area contributed by atoms with Crippen LogP contribution in [0.25, 0.3) is 0 Å². The van der Waals surface area contributed by atoms with Crippen molar-refractivity contribution >= 4 is 35.0 Å². The number of thioether (sulfide) groups is 1. The van der Waals surface area contributed by atoms with Crippen LogP contribution in [0, 0.1) is 20.8 Å². The zero-order valence-corrected chi connectivity index (χ0v) is 19.0. The second-order valence-electron chi connectivity index (χ2n) is 7.34. The molecule has 1 aromatic heterocycles. The van der Waals surface area contributed by atoms with Gasteiger partial charge in [-0.2, -0.15) is 0 Å². The molecule has 0 bridgehead atoms. The molecule has 7 nitrogen and oxygen atoms in total. The Balaban J connectivity index is 1.60. The molecule has 8 heteroatoms. The van der Waals surface area contributed by atoms with Gasteiger partial charge in [0.2, 0.25) is 11.8 Å². The van der Waals surface area contributed by atoms with E-state index in [0.717, 1.165) is 22.5 Å². The number of aromatic nitrogens is 3. The molecule has 162 valence electrons. The van der Waals surface area contributed by atoms with E-state index in [4.69, 9.17) is 0 Å². The number of amides is 2. The highest BCUT2D eigenvalue weighted by Gasteiger charge is 2.16. The molecule has 0 spiro atoms. The van der Waals surface area contributed by atoms with E-state index in [2.05, 4.69) is 33.0 Å². The van der Waals surface area contributed by atoms with E-state index in [0.29, 0.717) is 17.5 Å². The molecule has 2 aromatic carbocycles. The predicted octanol–water partition coefficient (Wildman–Crippen LogP) is 4.14. The molecule has 0 aliphatic carbocycles. The van der Waals surface area contributed by atoms with E-state index in [1.54, 1.807) is 0 Å². The van der Waals surface area contributed by atoms with Crippen molar-refractivity contribution in [2.24, 2.45) is 0 Å². The average Bonchev–Trinajstić information content (AvgIpc) is 3.11. The minimum Gasteiger partial charge on any atom is -0.326 e. The number of hydrogen-bond donors (Lipinski definition) is 2. The molecule has 31 heavy (non-hydrogen) atoms. The monoisotopic (exact) mass is 437 g/mol. The Labute approximate surface area is 186 Å². The van der Waals surface area contributed by atoms with Crippen LogP contribution in [0.4, 0.5) is 11.4 Å². The number of rotatable bonds is 8. The Bertz CT molecular complexity index is 1060. The standard InChI is InChI=1S/C23H27N5O2S/c1-5-28-19(13-20(29)24-18-9-7-6-8-10-18)26-27-23(28)31-14-21(30)25-22-16(3)11-15(2)12-17(22)4/h6-12H,5,13-14H2,1-4H3,(H,24,29)(H,25,30). The third-order valence-corrected chi connectivity index (χ3v) is 5.73. The Morgan fingerprint density at radius 2 is 1.65 bits per heavy atom. The highest BCUT2D eigenvalue weighted by Crippen LogP contribution is 2.23. The highest BCUT2D eigenvalue weighted by molar-refractivity contribution is 7.99. The van der Waals surface area contributed by atoms with Gasteiger partial charge >= 0.3 is 0 Å². The van der Waals surface area contributed by atoms with Gasteiger partial charge in [0.1, 0.15) is 5.82 Å². The van der Waals surface area contributed by atoms with Crippen molar-refractivity contribution in [3.05, 3.63) is 65.0 Å². The lowest BCUT2D eigenvalue weighted by Crippen LogP contribution is -2.18. The fourth-order valence-corrected chi connectivity index (χ4v) is 4.25. The lowest BCUT2D eigenvalue weighted by molar-refractivity contribution is -0.116. The van der Waals surface area contributed by atoms with Crippen molar-refractivity contribution in [2.45, 2.75) is 45.8 Å². The van der Waals surface area contributed by atoms with Gasteiger partial charge in [0.15, 0.2) is 5.16 Å². The van der Waals surface area contributed by atoms with Crippen molar-refractivity contribution in [3.8, 4) is 0 Å². The normalized spacial score (nSPS) is 10.7. The van der Waals surface area contributed by atoms with Crippen LogP contribution in [0.1, 0.15) is 29.4 Å². The summed E-state index contributed by atoms with van der Waals surface area (Å²) in [6.07, 6.45) is 0.115. The summed E-state index contributed by atoms with van der Waals surface area (Å²) in [6, 6.07) is 13.4. The van der Waals surface area contributed by atoms with Crippen LogP contribution in [-0.2, 0) is 22.6 Å². The summed E-state index contributed by atoms with van der Waals surface area (Å²) in [4.78, 5) is 24.9. The van der Waals surface area contributed by atoms with E-state index in [1.165, 1.54) is 17.3 Å². The van der Waals surface area contributed by atoms with Crippen molar-refractivity contribution in [3.63, 3.8) is 0 Å². The summed E-state index contributed by atoms with van der Waals surface area (Å²) in [7, 11) is 0. The molecule has 0 unspecified atom stereocenters. The van der Waals surface area contributed by atoms with Gasteiger partial charge in [-0.3, -0.25) is 9.59 Å². The van der Waals surface area contributed by atoms with Crippen molar-refractivity contribution in [1.82, 2.24) is 14.8 Å². The number of para-hydroxylation sites is 1. The second-order valence-corrected chi connectivity index (χ2v) is 8.29. The molecule has 0 aliphatic heterocycles. The molecule has 2 N–H and O–H groups in total. The molecule has 0 atom stereocenters. The van der Waals surface area contributed by atoms with Crippen molar-refractivity contribution in [1.29, 1.82) is 0 Å². The van der Waals surface area contributed by atoms with Crippen LogP contribution < -0.4 is 10.6 Å². The molecule has 2 amide bonds. The number of carbonyl (C=O) groups excluding carboxylic acids is 2. The van der Waals surface area contributed by atoms with Gasteiger partial charge in [-0.25, -0.2) is 0 Å².